The third kappa shape index (κ3) is 6.33. The number of aromatic nitrogens is 2. The second kappa shape index (κ2) is 13.6. The van der Waals surface area contributed by atoms with Crippen molar-refractivity contribution in [3.63, 3.8) is 0 Å². The van der Waals surface area contributed by atoms with E-state index in [9.17, 15) is 0 Å². The van der Waals surface area contributed by atoms with E-state index in [-0.39, 0.29) is 7.92 Å². The van der Waals surface area contributed by atoms with Gasteiger partial charge in [0.2, 0.25) is 0 Å². The fraction of sp³-hybridized carbons (Fsp3) is 0.538. The topological polar surface area (TPSA) is 25.8 Å². The summed E-state index contributed by atoms with van der Waals surface area (Å²) in [7, 11) is -0.238. The van der Waals surface area contributed by atoms with Crippen molar-refractivity contribution < 1.29 is 0 Å². The van der Waals surface area contributed by atoms with Crippen LogP contribution in [0.5, 0.6) is 0 Å². The first-order chi connectivity index (χ1) is 27.7. The van der Waals surface area contributed by atoms with E-state index in [4.69, 9.17) is 9.97 Å². The molecule has 2 nitrogen and oxygen atoms in total. The van der Waals surface area contributed by atoms with E-state index in [0.717, 1.165) is 57.9 Å². The maximum absolute atomic E-state index is 5.64. The van der Waals surface area contributed by atoms with Gasteiger partial charge in [-0.3, -0.25) is 9.97 Å². The van der Waals surface area contributed by atoms with E-state index in [2.05, 4.69) is 133 Å². The van der Waals surface area contributed by atoms with Gasteiger partial charge in [-0.05, 0) is 164 Å². The van der Waals surface area contributed by atoms with Crippen LogP contribution in [-0.4, -0.2) is 36.4 Å². The number of nitrogens with zero attached hydrogens (tertiary/aromatic N) is 2. The Hall–Kier alpha value is -2.23. The summed E-state index contributed by atoms with van der Waals surface area (Å²) in [5, 5.41) is 6.35. The third-order valence-corrected chi connectivity index (χ3v) is 26.0. The molecule has 8 aliphatic carbocycles. The van der Waals surface area contributed by atoms with Gasteiger partial charge < -0.3 is 0 Å². The van der Waals surface area contributed by atoms with E-state index in [1.807, 2.05) is 0 Å². The van der Waals surface area contributed by atoms with Gasteiger partial charge in [-0.2, -0.15) is 0 Å². The Morgan fingerprint density at radius 3 is 1.33 bits per heavy atom. The van der Waals surface area contributed by atoms with Gasteiger partial charge in [-0.1, -0.05) is 118 Å². The van der Waals surface area contributed by atoms with Crippen molar-refractivity contribution in [3.8, 4) is 0 Å². The van der Waals surface area contributed by atoms with Crippen LogP contribution in [0.25, 0.3) is 21.8 Å². The predicted octanol–water partition coefficient (Wildman–Crippen LogP) is 13.0. The Morgan fingerprint density at radius 1 is 0.552 bits per heavy atom. The van der Waals surface area contributed by atoms with Crippen LogP contribution in [0, 0.1) is 35.5 Å². The molecule has 1 atom stereocenters. The van der Waals surface area contributed by atoms with Gasteiger partial charge in [0.15, 0.2) is 0 Å². The van der Waals surface area contributed by atoms with Crippen molar-refractivity contribution in [2.75, 3.05) is 0 Å². The molecule has 3 aromatic carbocycles. The van der Waals surface area contributed by atoms with Gasteiger partial charge >= 0.3 is 0 Å². The first-order valence-electron chi connectivity index (χ1n) is 23.2. The normalized spacial score (nSPS) is 32.1. The van der Waals surface area contributed by atoms with Crippen molar-refractivity contribution in [2.24, 2.45) is 35.5 Å². The van der Waals surface area contributed by atoms with E-state index in [1.165, 1.54) is 61.0 Å². The molecule has 8 bridgehead atoms. The standard InChI is InChI=1S/C52H66N2P2Si2/c1-57(2,3)46-25-42(33-56(50-27-34-19-35(28-50)21-36(20-34)29-50)51-30-37-22-38(31-51)24-39(23-37)32-51)43(26-47(46)58(4,5)6)52(55,48-17-15-40-11-7-9-13-44(40)53-48)49-18-16-41-12-8-10-14-45(41)54-49/h7-18,25-26,34-39H,19-24,27-33,55H2,1-6H3. The van der Waals surface area contributed by atoms with Crippen LogP contribution in [0.1, 0.15) is 99.6 Å². The molecule has 0 N–H and O–H groups in total. The van der Waals surface area contributed by atoms with Crippen LogP contribution in [0.4, 0.5) is 0 Å². The average Bonchev–Trinajstić information content (AvgIpc) is 3.17. The number of pyridine rings is 2. The van der Waals surface area contributed by atoms with Gasteiger partial charge in [0.25, 0.3) is 0 Å². The van der Waals surface area contributed by atoms with Crippen LogP contribution in [0.15, 0.2) is 84.9 Å². The third-order valence-electron chi connectivity index (χ3n) is 16.8. The number of para-hydroxylation sites is 2. The summed E-state index contributed by atoms with van der Waals surface area (Å²) in [5.74, 6) is 5.92. The van der Waals surface area contributed by atoms with Crippen molar-refractivity contribution in [2.45, 2.75) is 138 Å². The molecule has 302 valence electrons. The van der Waals surface area contributed by atoms with Gasteiger partial charge in [0.1, 0.15) is 0 Å². The van der Waals surface area contributed by atoms with E-state index >= 15 is 0 Å². The Kier molecular flexibility index (Phi) is 9.09. The lowest BCUT2D eigenvalue weighted by Crippen LogP contribution is -2.57. The second-order valence-electron chi connectivity index (χ2n) is 23.0. The van der Waals surface area contributed by atoms with Crippen molar-refractivity contribution in [1.82, 2.24) is 9.97 Å². The van der Waals surface area contributed by atoms with E-state index in [0.29, 0.717) is 10.3 Å². The zero-order valence-electron chi connectivity index (χ0n) is 36.2. The second-order valence-corrected chi connectivity index (χ2v) is 37.0. The number of hydrogen-bond donors (Lipinski definition) is 0. The molecule has 0 radical (unpaired) electrons. The summed E-state index contributed by atoms with van der Waals surface area (Å²) in [6.45, 7) is 15.7. The summed E-state index contributed by atoms with van der Waals surface area (Å²) in [4.78, 5) is 11.3. The summed E-state index contributed by atoms with van der Waals surface area (Å²) in [6.07, 6.45) is 19.8. The quantitative estimate of drug-likeness (QED) is 0.109. The molecule has 0 saturated heterocycles. The van der Waals surface area contributed by atoms with Crippen LogP contribution >= 0.6 is 17.2 Å². The molecule has 13 rings (SSSR count). The molecular formula is C52H66N2P2Si2. The molecule has 0 amide bonds. The fourth-order valence-electron chi connectivity index (χ4n) is 15.2. The summed E-state index contributed by atoms with van der Waals surface area (Å²) >= 11 is 0. The minimum Gasteiger partial charge on any atom is -0.251 e. The predicted molar refractivity (Wildman–Crippen MR) is 258 cm³/mol. The monoisotopic (exact) mass is 836 g/mol. The highest BCUT2D eigenvalue weighted by Gasteiger charge is 2.62. The highest BCUT2D eigenvalue weighted by molar-refractivity contribution is 7.60. The molecular weight excluding hydrogens is 771 g/mol. The molecule has 58 heavy (non-hydrogen) atoms. The van der Waals surface area contributed by atoms with Crippen LogP contribution in [0.3, 0.4) is 0 Å². The Bertz CT molecular complexity index is 2230. The zero-order chi connectivity index (χ0) is 39.8. The average molecular weight is 837 g/mol. The molecule has 0 spiro atoms. The lowest BCUT2D eigenvalue weighted by molar-refractivity contribution is 0.0184. The lowest BCUT2D eigenvalue weighted by atomic mass is 9.55. The fourth-order valence-corrected chi connectivity index (χ4v) is 26.1. The summed E-state index contributed by atoms with van der Waals surface area (Å²) in [6, 6.07) is 32.5. The SMILES string of the molecule is C[Si](C)(C)c1cc(CP(C23CC4CC(CC(C4)C2)C3)C23CC4CC(CC(C4)C2)C3)c(C(P)(c2ccc3ccccc3n2)c2ccc3ccccc3n2)cc1[Si](C)(C)C. The highest BCUT2D eigenvalue weighted by atomic mass is 31.1. The smallest absolute Gasteiger partial charge is 0.0936 e. The largest absolute Gasteiger partial charge is 0.251 e. The Labute approximate surface area is 354 Å². The number of hydrogen-bond acceptors (Lipinski definition) is 2. The zero-order valence-corrected chi connectivity index (χ0v) is 40.2. The van der Waals surface area contributed by atoms with Gasteiger partial charge in [-0.25, -0.2) is 0 Å². The van der Waals surface area contributed by atoms with Crippen molar-refractivity contribution in [1.29, 1.82) is 0 Å². The first kappa shape index (κ1) is 38.7. The number of fused-ring (bicyclic) bond motifs is 2. The first-order valence-corrected chi connectivity index (χ1v) is 32.3. The molecule has 1 unspecified atom stereocenters. The molecule has 8 fully saturated rings. The van der Waals surface area contributed by atoms with Gasteiger partial charge in [0.05, 0.1) is 43.7 Å². The molecule has 2 aromatic heterocycles. The van der Waals surface area contributed by atoms with E-state index in [1.54, 1.807) is 54.5 Å². The molecule has 6 heteroatoms. The summed E-state index contributed by atoms with van der Waals surface area (Å²) in [5.41, 5.74) is 7.51. The minimum absolute atomic E-state index is 0.252. The number of benzene rings is 3. The highest BCUT2D eigenvalue weighted by Crippen LogP contribution is 2.80. The van der Waals surface area contributed by atoms with Crippen molar-refractivity contribution in [3.05, 3.63) is 107 Å². The maximum Gasteiger partial charge on any atom is 0.0936 e. The molecule has 8 saturated carbocycles. The molecule has 0 aliphatic heterocycles. The van der Waals surface area contributed by atoms with Crippen LogP contribution in [0.2, 0.25) is 39.3 Å². The van der Waals surface area contributed by atoms with Gasteiger partial charge in [-0.15, -0.1) is 9.24 Å². The van der Waals surface area contributed by atoms with Gasteiger partial charge in [0, 0.05) is 10.8 Å². The Morgan fingerprint density at radius 2 is 0.931 bits per heavy atom. The lowest BCUT2D eigenvalue weighted by Gasteiger charge is -2.67. The maximum atomic E-state index is 5.64. The molecule has 8 aliphatic rings. The van der Waals surface area contributed by atoms with Crippen LogP contribution < -0.4 is 10.4 Å². The van der Waals surface area contributed by atoms with E-state index < -0.39 is 21.3 Å². The van der Waals surface area contributed by atoms with Crippen LogP contribution in [-0.2, 0) is 11.3 Å². The Balaban J connectivity index is 1.18. The minimum atomic E-state index is -1.77. The molecule has 5 aromatic rings. The summed E-state index contributed by atoms with van der Waals surface area (Å²) < 4.78 is 0. The number of rotatable bonds is 9. The molecule has 2 heterocycles. The van der Waals surface area contributed by atoms with Crippen molar-refractivity contribution >= 4 is 65.5 Å².